The molecular formula is C26H32N6O3. The first-order valence-corrected chi connectivity index (χ1v) is 11.7. The lowest BCUT2D eigenvalue weighted by molar-refractivity contribution is -0.125. The Bertz CT molecular complexity index is 1180. The van der Waals surface area contributed by atoms with Crippen LogP contribution in [0, 0.1) is 13.8 Å². The summed E-state index contributed by atoms with van der Waals surface area (Å²) >= 11 is 0. The standard InChI is InChI=1S/C26H32N6O3/c1-18-25(19(2)32(29-18)15-20-7-5-4-6-8-20)28-24(33)17-31-14-13-30(16-23(31)26(27)34)21-9-11-22(35-3)12-10-21/h4-12,23H,13-17H2,1-3H3,(H2,27,34)(H,28,33)/t23-/m1/s1. The second-order valence-electron chi connectivity index (χ2n) is 8.77. The van der Waals surface area contributed by atoms with Gasteiger partial charge in [-0.2, -0.15) is 5.10 Å². The molecule has 1 aliphatic heterocycles. The summed E-state index contributed by atoms with van der Waals surface area (Å²) in [5.41, 5.74) is 10.2. The first-order chi connectivity index (χ1) is 16.9. The molecule has 0 spiro atoms. The van der Waals surface area contributed by atoms with E-state index >= 15 is 0 Å². The number of carbonyl (C=O) groups excluding carboxylic acids is 2. The van der Waals surface area contributed by atoms with E-state index in [0.717, 1.165) is 28.4 Å². The first-order valence-electron chi connectivity index (χ1n) is 11.7. The van der Waals surface area contributed by atoms with Crippen molar-refractivity contribution in [3.8, 4) is 5.75 Å². The highest BCUT2D eigenvalue weighted by Gasteiger charge is 2.32. The van der Waals surface area contributed by atoms with Gasteiger partial charge in [0.15, 0.2) is 0 Å². The Kier molecular flexibility index (Phi) is 7.36. The van der Waals surface area contributed by atoms with Crippen LogP contribution in [0.2, 0.25) is 0 Å². The number of amides is 2. The minimum absolute atomic E-state index is 0.0762. The van der Waals surface area contributed by atoms with Gasteiger partial charge in [0.05, 0.1) is 37.3 Å². The normalized spacial score (nSPS) is 16.2. The molecule has 0 aliphatic carbocycles. The Hall–Kier alpha value is -3.85. The molecule has 1 atom stereocenters. The molecule has 2 amide bonds. The SMILES string of the molecule is COc1ccc(N2CCN(CC(=O)Nc3c(C)nn(Cc4ccccc4)c3C)[C@@H](C(N)=O)C2)cc1. The number of aromatic nitrogens is 2. The van der Waals surface area contributed by atoms with Crippen LogP contribution in [0.3, 0.4) is 0 Å². The minimum Gasteiger partial charge on any atom is -0.497 e. The number of carbonyl (C=O) groups is 2. The molecule has 9 nitrogen and oxygen atoms in total. The number of benzene rings is 2. The average Bonchev–Trinajstić information content (AvgIpc) is 3.12. The van der Waals surface area contributed by atoms with E-state index in [9.17, 15) is 9.59 Å². The molecule has 1 fully saturated rings. The molecule has 184 valence electrons. The topological polar surface area (TPSA) is 106 Å². The van der Waals surface area contributed by atoms with Crippen LogP contribution in [0.15, 0.2) is 54.6 Å². The lowest BCUT2D eigenvalue weighted by atomic mass is 10.1. The maximum absolute atomic E-state index is 13.0. The minimum atomic E-state index is -0.570. The van der Waals surface area contributed by atoms with Crippen molar-refractivity contribution in [3.05, 3.63) is 71.5 Å². The number of nitrogens with one attached hydrogen (secondary N) is 1. The number of hydrogen-bond donors (Lipinski definition) is 2. The van der Waals surface area contributed by atoms with Crippen molar-refractivity contribution < 1.29 is 14.3 Å². The summed E-state index contributed by atoms with van der Waals surface area (Å²) in [6, 6.07) is 17.2. The molecule has 3 N–H and O–H groups in total. The van der Waals surface area contributed by atoms with E-state index in [1.807, 2.05) is 78.0 Å². The Morgan fingerprint density at radius 1 is 1.09 bits per heavy atom. The van der Waals surface area contributed by atoms with Crippen LogP contribution in [0.4, 0.5) is 11.4 Å². The fourth-order valence-corrected chi connectivity index (χ4v) is 4.46. The van der Waals surface area contributed by atoms with Crippen LogP contribution in [0.1, 0.15) is 17.0 Å². The Balaban J connectivity index is 1.40. The maximum atomic E-state index is 13.0. The van der Waals surface area contributed by atoms with Crippen LogP contribution in [-0.4, -0.2) is 65.8 Å². The van der Waals surface area contributed by atoms with Crippen molar-refractivity contribution >= 4 is 23.2 Å². The molecule has 0 bridgehead atoms. The van der Waals surface area contributed by atoms with Gasteiger partial charge in [0, 0.05) is 25.3 Å². The van der Waals surface area contributed by atoms with Gasteiger partial charge in [-0.15, -0.1) is 0 Å². The molecule has 1 saturated heterocycles. The fourth-order valence-electron chi connectivity index (χ4n) is 4.46. The summed E-state index contributed by atoms with van der Waals surface area (Å²) in [6.07, 6.45) is 0. The fraction of sp³-hybridized carbons (Fsp3) is 0.346. The van der Waals surface area contributed by atoms with Crippen LogP contribution in [-0.2, 0) is 16.1 Å². The molecule has 35 heavy (non-hydrogen) atoms. The number of piperazine rings is 1. The number of ether oxygens (including phenoxy) is 1. The van der Waals surface area contributed by atoms with Crippen LogP contribution < -0.4 is 20.7 Å². The van der Waals surface area contributed by atoms with Gasteiger partial charge in [0.1, 0.15) is 11.8 Å². The second kappa shape index (κ2) is 10.6. The zero-order valence-electron chi connectivity index (χ0n) is 20.4. The van der Waals surface area contributed by atoms with Gasteiger partial charge in [0.2, 0.25) is 11.8 Å². The number of hydrogen-bond acceptors (Lipinski definition) is 6. The van der Waals surface area contributed by atoms with Gasteiger partial charge in [-0.05, 0) is 43.7 Å². The summed E-state index contributed by atoms with van der Waals surface area (Å²) in [5, 5.41) is 7.61. The third kappa shape index (κ3) is 5.63. The summed E-state index contributed by atoms with van der Waals surface area (Å²) < 4.78 is 7.11. The lowest BCUT2D eigenvalue weighted by Crippen LogP contribution is -2.59. The largest absolute Gasteiger partial charge is 0.497 e. The van der Waals surface area contributed by atoms with E-state index in [4.69, 9.17) is 10.5 Å². The molecule has 9 heteroatoms. The first kappa shape index (κ1) is 24.3. The molecule has 0 unspecified atom stereocenters. The maximum Gasteiger partial charge on any atom is 0.238 e. The van der Waals surface area contributed by atoms with Crippen LogP contribution in [0.25, 0.3) is 0 Å². The van der Waals surface area contributed by atoms with Crippen molar-refractivity contribution in [1.82, 2.24) is 14.7 Å². The number of methoxy groups -OCH3 is 1. The van der Waals surface area contributed by atoms with Crippen molar-refractivity contribution in [2.45, 2.75) is 26.4 Å². The highest BCUT2D eigenvalue weighted by atomic mass is 16.5. The third-order valence-corrected chi connectivity index (χ3v) is 6.42. The van der Waals surface area contributed by atoms with Gasteiger partial charge < -0.3 is 20.7 Å². The number of nitrogens with two attached hydrogens (primary N) is 1. The summed E-state index contributed by atoms with van der Waals surface area (Å²) in [7, 11) is 1.62. The number of primary amides is 1. The monoisotopic (exact) mass is 476 g/mol. The highest BCUT2D eigenvalue weighted by Crippen LogP contribution is 2.23. The Morgan fingerprint density at radius 3 is 2.46 bits per heavy atom. The van der Waals surface area contributed by atoms with E-state index < -0.39 is 11.9 Å². The molecule has 4 rings (SSSR count). The van der Waals surface area contributed by atoms with E-state index in [-0.39, 0.29) is 12.5 Å². The van der Waals surface area contributed by atoms with E-state index in [2.05, 4.69) is 15.3 Å². The van der Waals surface area contributed by atoms with Gasteiger partial charge in [-0.3, -0.25) is 19.2 Å². The molecule has 0 radical (unpaired) electrons. The summed E-state index contributed by atoms with van der Waals surface area (Å²) in [5.74, 6) is 0.131. The Morgan fingerprint density at radius 2 is 1.80 bits per heavy atom. The molecule has 1 aliphatic rings. The lowest BCUT2D eigenvalue weighted by Gasteiger charge is -2.40. The van der Waals surface area contributed by atoms with Crippen LogP contribution in [0.5, 0.6) is 5.75 Å². The van der Waals surface area contributed by atoms with E-state index in [0.29, 0.717) is 31.9 Å². The van der Waals surface area contributed by atoms with Gasteiger partial charge in [0.25, 0.3) is 0 Å². The van der Waals surface area contributed by atoms with E-state index in [1.165, 1.54) is 0 Å². The molecule has 1 aromatic heterocycles. The zero-order valence-corrected chi connectivity index (χ0v) is 20.4. The summed E-state index contributed by atoms with van der Waals surface area (Å²) in [4.78, 5) is 29.2. The number of nitrogens with zero attached hydrogens (tertiary/aromatic N) is 4. The van der Waals surface area contributed by atoms with Gasteiger partial charge in [-0.1, -0.05) is 30.3 Å². The molecule has 2 aromatic carbocycles. The number of aryl methyl sites for hydroxylation is 1. The molecule has 2 heterocycles. The quantitative estimate of drug-likeness (QED) is 0.516. The predicted molar refractivity (Wildman–Crippen MR) is 136 cm³/mol. The summed E-state index contributed by atoms with van der Waals surface area (Å²) in [6.45, 7) is 6.16. The van der Waals surface area contributed by atoms with Crippen molar-refractivity contribution in [2.24, 2.45) is 5.73 Å². The van der Waals surface area contributed by atoms with Crippen molar-refractivity contribution in [1.29, 1.82) is 0 Å². The van der Waals surface area contributed by atoms with Crippen LogP contribution >= 0.6 is 0 Å². The average molecular weight is 477 g/mol. The van der Waals surface area contributed by atoms with Crippen molar-refractivity contribution in [2.75, 3.05) is 43.5 Å². The number of anilines is 2. The van der Waals surface area contributed by atoms with Gasteiger partial charge >= 0.3 is 0 Å². The second-order valence-corrected chi connectivity index (χ2v) is 8.77. The Labute approximate surface area is 205 Å². The molecular weight excluding hydrogens is 444 g/mol. The number of rotatable bonds is 8. The van der Waals surface area contributed by atoms with Gasteiger partial charge in [-0.25, -0.2) is 0 Å². The molecule has 0 saturated carbocycles. The zero-order chi connectivity index (χ0) is 24.9. The van der Waals surface area contributed by atoms with E-state index in [1.54, 1.807) is 7.11 Å². The predicted octanol–water partition coefficient (Wildman–Crippen LogP) is 2.17. The smallest absolute Gasteiger partial charge is 0.238 e. The molecule has 3 aromatic rings. The van der Waals surface area contributed by atoms with Crippen molar-refractivity contribution in [3.63, 3.8) is 0 Å². The third-order valence-electron chi connectivity index (χ3n) is 6.42. The highest BCUT2D eigenvalue weighted by molar-refractivity contribution is 5.94.